The predicted octanol–water partition coefficient (Wildman–Crippen LogP) is 2.05. The van der Waals surface area contributed by atoms with Gasteiger partial charge in [-0.2, -0.15) is 16.3 Å². The molecule has 6 nitrogen and oxygen atoms in total. The summed E-state index contributed by atoms with van der Waals surface area (Å²) in [7, 11) is 0. The maximum absolute atomic E-state index is 12.2. The lowest BCUT2D eigenvalue weighted by Crippen LogP contribution is -2.47. The van der Waals surface area contributed by atoms with Crippen LogP contribution < -0.4 is 0 Å². The van der Waals surface area contributed by atoms with Gasteiger partial charge in [0.1, 0.15) is 0 Å². The molecule has 0 spiro atoms. The van der Waals surface area contributed by atoms with Gasteiger partial charge in [-0.25, -0.2) is 0 Å². The number of thiophene rings is 1. The highest BCUT2D eigenvalue weighted by atomic mass is 32.1. The average molecular weight is 332 g/mol. The summed E-state index contributed by atoms with van der Waals surface area (Å²) in [6.07, 6.45) is 4.28. The first-order valence-electron chi connectivity index (χ1n) is 7.77. The molecule has 3 heterocycles. The van der Waals surface area contributed by atoms with Crippen LogP contribution in [0, 0.1) is 0 Å². The van der Waals surface area contributed by atoms with E-state index in [1.54, 1.807) is 17.4 Å². The fourth-order valence-electron chi connectivity index (χ4n) is 2.47. The first-order chi connectivity index (χ1) is 11.2. The lowest BCUT2D eigenvalue weighted by atomic mass is 10.2. The van der Waals surface area contributed by atoms with Crippen LogP contribution in [0.15, 0.2) is 27.4 Å². The smallest absolute Gasteiger partial charge is 0.246 e. The quantitative estimate of drug-likeness (QED) is 0.784. The highest BCUT2D eigenvalue weighted by Gasteiger charge is 2.21. The maximum Gasteiger partial charge on any atom is 0.246 e. The van der Waals surface area contributed by atoms with Gasteiger partial charge in [0.25, 0.3) is 0 Å². The molecular weight excluding hydrogens is 312 g/mol. The summed E-state index contributed by atoms with van der Waals surface area (Å²) < 4.78 is 5.12. The third kappa shape index (κ3) is 4.27. The summed E-state index contributed by atoms with van der Waals surface area (Å²) in [5.74, 6) is 1.47. The van der Waals surface area contributed by atoms with Crippen molar-refractivity contribution in [3.8, 4) is 0 Å². The van der Waals surface area contributed by atoms with E-state index >= 15 is 0 Å². The van der Waals surface area contributed by atoms with Gasteiger partial charge in [-0.05, 0) is 28.5 Å². The highest BCUT2D eigenvalue weighted by Crippen LogP contribution is 2.10. The van der Waals surface area contributed by atoms with Gasteiger partial charge in [0.15, 0.2) is 5.82 Å². The molecule has 0 saturated carbocycles. The number of aromatic nitrogens is 2. The standard InChI is InChI=1S/C16H20N4O2S/c1-2-15-17-14(18-22-15)11-19-6-8-20(9-7-19)16(21)4-3-13-5-10-23-12-13/h3-5,10,12H,2,6-9,11H2,1H3/b4-3+. The summed E-state index contributed by atoms with van der Waals surface area (Å²) in [6.45, 7) is 5.78. The van der Waals surface area contributed by atoms with Crippen LogP contribution in [0.4, 0.5) is 0 Å². The number of hydrogen-bond donors (Lipinski definition) is 0. The van der Waals surface area contributed by atoms with Crippen molar-refractivity contribution < 1.29 is 9.32 Å². The van der Waals surface area contributed by atoms with Gasteiger partial charge in [0, 0.05) is 38.7 Å². The summed E-state index contributed by atoms with van der Waals surface area (Å²) in [5.41, 5.74) is 1.07. The van der Waals surface area contributed by atoms with E-state index in [9.17, 15) is 4.79 Å². The largest absolute Gasteiger partial charge is 0.339 e. The minimum Gasteiger partial charge on any atom is -0.339 e. The summed E-state index contributed by atoms with van der Waals surface area (Å²) in [6, 6.07) is 2.00. The Morgan fingerprint density at radius 3 is 2.87 bits per heavy atom. The average Bonchev–Trinajstić information content (AvgIpc) is 3.25. The van der Waals surface area contributed by atoms with Gasteiger partial charge in [0.2, 0.25) is 11.8 Å². The zero-order chi connectivity index (χ0) is 16.1. The van der Waals surface area contributed by atoms with Gasteiger partial charge in [-0.15, -0.1) is 0 Å². The lowest BCUT2D eigenvalue weighted by Gasteiger charge is -2.33. The number of aryl methyl sites for hydroxylation is 1. The van der Waals surface area contributed by atoms with E-state index in [0.29, 0.717) is 12.4 Å². The van der Waals surface area contributed by atoms with E-state index in [-0.39, 0.29) is 5.91 Å². The SMILES string of the molecule is CCc1nc(CN2CCN(C(=O)/C=C/c3ccsc3)CC2)no1. The van der Waals surface area contributed by atoms with Gasteiger partial charge >= 0.3 is 0 Å². The second-order valence-corrected chi connectivity index (χ2v) is 6.23. The minimum absolute atomic E-state index is 0.0729. The van der Waals surface area contributed by atoms with Crippen LogP contribution in [0.1, 0.15) is 24.2 Å². The van der Waals surface area contributed by atoms with E-state index in [1.807, 2.05) is 34.7 Å². The Balaban J connectivity index is 1.47. The first-order valence-corrected chi connectivity index (χ1v) is 8.72. The molecule has 2 aromatic heterocycles. The molecular formula is C16H20N4O2S. The molecule has 2 aromatic rings. The maximum atomic E-state index is 12.2. The van der Waals surface area contributed by atoms with Crippen molar-refractivity contribution in [2.45, 2.75) is 19.9 Å². The van der Waals surface area contributed by atoms with Crippen LogP contribution in [-0.2, 0) is 17.8 Å². The van der Waals surface area contributed by atoms with Crippen molar-refractivity contribution in [3.05, 3.63) is 40.2 Å². The first kappa shape index (κ1) is 15.9. The number of rotatable bonds is 5. The molecule has 1 fully saturated rings. The second-order valence-electron chi connectivity index (χ2n) is 5.45. The van der Waals surface area contributed by atoms with Crippen LogP contribution in [0.3, 0.4) is 0 Å². The minimum atomic E-state index is 0.0729. The summed E-state index contributed by atoms with van der Waals surface area (Å²) in [5, 5.41) is 8.00. The molecule has 1 aliphatic heterocycles. The molecule has 0 atom stereocenters. The molecule has 0 radical (unpaired) electrons. The Bertz CT molecular complexity index is 657. The number of amides is 1. The van der Waals surface area contributed by atoms with Crippen molar-refractivity contribution in [3.63, 3.8) is 0 Å². The van der Waals surface area contributed by atoms with Crippen molar-refractivity contribution in [2.24, 2.45) is 0 Å². The molecule has 7 heteroatoms. The van der Waals surface area contributed by atoms with E-state index in [0.717, 1.165) is 44.0 Å². The Labute approximate surface area is 139 Å². The molecule has 1 amide bonds. The van der Waals surface area contributed by atoms with Crippen LogP contribution in [0.25, 0.3) is 6.08 Å². The molecule has 23 heavy (non-hydrogen) atoms. The Morgan fingerprint density at radius 1 is 1.39 bits per heavy atom. The van der Waals surface area contributed by atoms with Crippen LogP contribution >= 0.6 is 11.3 Å². The van der Waals surface area contributed by atoms with Crippen LogP contribution in [-0.4, -0.2) is 52.0 Å². The number of piperazine rings is 1. The Morgan fingerprint density at radius 2 is 2.22 bits per heavy atom. The van der Waals surface area contributed by atoms with E-state index in [4.69, 9.17) is 4.52 Å². The summed E-state index contributed by atoms with van der Waals surface area (Å²) >= 11 is 1.63. The number of hydrogen-bond acceptors (Lipinski definition) is 6. The third-order valence-electron chi connectivity index (χ3n) is 3.82. The van der Waals surface area contributed by atoms with Gasteiger partial charge in [-0.3, -0.25) is 9.69 Å². The lowest BCUT2D eigenvalue weighted by molar-refractivity contribution is -0.127. The number of carbonyl (C=O) groups excluding carboxylic acids is 1. The molecule has 1 aliphatic rings. The fourth-order valence-corrected chi connectivity index (χ4v) is 3.10. The highest BCUT2D eigenvalue weighted by molar-refractivity contribution is 7.08. The predicted molar refractivity (Wildman–Crippen MR) is 88.9 cm³/mol. The molecule has 0 N–H and O–H groups in total. The van der Waals surface area contributed by atoms with E-state index < -0.39 is 0 Å². The molecule has 0 unspecified atom stereocenters. The second kappa shape index (κ2) is 7.52. The van der Waals surface area contributed by atoms with Gasteiger partial charge in [0.05, 0.1) is 6.54 Å². The van der Waals surface area contributed by atoms with E-state index in [1.165, 1.54) is 0 Å². The van der Waals surface area contributed by atoms with Gasteiger partial charge in [-0.1, -0.05) is 12.1 Å². The van der Waals surface area contributed by atoms with Crippen molar-refractivity contribution in [2.75, 3.05) is 26.2 Å². The molecule has 122 valence electrons. The summed E-state index contributed by atoms with van der Waals surface area (Å²) in [4.78, 5) is 20.6. The third-order valence-corrected chi connectivity index (χ3v) is 4.52. The van der Waals surface area contributed by atoms with Crippen molar-refractivity contribution in [1.82, 2.24) is 19.9 Å². The number of nitrogens with zero attached hydrogens (tertiary/aromatic N) is 4. The Kier molecular flexibility index (Phi) is 5.19. The van der Waals surface area contributed by atoms with Crippen molar-refractivity contribution in [1.29, 1.82) is 0 Å². The topological polar surface area (TPSA) is 62.5 Å². The zero-order valence-electron chi connectivity index (χ0n) is 13.1. The zero-order valence-corrected chi connectivity index (χ0v) is 14.0. The molecule has 1 saturated heterocycles. The fraction of sp³-hybridized carbons (Fsp3) is 0.438. The molecule has 0 aliphatic carbocycles. The molecule has 3 rings (SSSR count). The van der Waals surface area contributed by atoms with Crippen LogP contribution in [0.2, 0.25) is 0 Å². The molecule has 0 aromatic carbocycles. The van der Waals surface area contributed by atoms with Crippen LogP contribution in [0.5, 0.6) is 0 Å². The monoisotopic (exact) mass is 332 g/mol. The van der Waals surface area contributed by atoms with Crippen molar-refractivity contribution >= 4 is 23.3 Å². The van der Waals surface area contributed by atoms with Gasteiger partial charge < -0.3 is 9.42 Å². The normalized spacial score (nSPS) is 16.3. The number of carbonyl (C=O) groups is 1. The molecule has 0 bridgehead atoms. The Hall–Kier alpha value is -1.99. The van der Waals surface area contributed by atoms with E-state index in [2.05, 4.69) is 15.0 Å².